The quantitative estimate of drug-likeness (QED) is 0.813. The van der Waals surface area contributed by atoms with E-state index in [2.05, 4.69) is 50.2 Å². The first-order valence-electron chi connectivity index (χ1n) is 9.19. The number of rotatable bonds is 5. The maximum atomic E-state index is 13.1. The fraction of sp³-hybridized carbons (Fsp3) is 0.409. The molecule has 1 heterocycles. The fourth-order valence-corrected chi connectivity index (χ4v) is 3.77. The fourth-order valence-electron chi connectivity index (χ4n) is 3.77. The average molecular weight is 368 g/mol. The molecule has 2 atom stereocenters. The van der Waals surface area contributed by atoms with Crippen LogP contribution in [-0.4, -0.2) is 63.2 Å². The minimum absolute atomic E-state index is 0.0254. The van der Waals surface area contributed by atoms with Gasteiger partial charge in [0.15, 0.2) is 11.5 Å². The van der Waals surface area contributed by atoms with Crippen LogP contribution in [0.4, 0.5) is 0 Å². The molecule has 3 rings (SSSR count). The number of nitrogens with zero attached hydrogens (tertiary/aromatic N) is 2. The van der Waals surface area contributed by atoms with E-state index in [-0.39, 0.29) is 11.9 Å². The van der Waals surface area contributed by atoms with Crippen molar-refractivity contribution in [2.24, 2.45) is 0 Å². The second-order valence-electron chi connectivity index (χ2n) is 7.33. The summed E-state index contributed by atoms with van der Waals surface area (Å²) in [6.07, 6.45) is 0. The summed E-state index contributed by atoms with van der Waals surface area (Å²) in [5.74, 6) is 1.52. The zero-order chi connectivity index (χ0) is 19.6. The average Bonchev–Trinajstić information content (AvgIpc) is 3.13. The number of likely N-dealkylation sites (N-methyl/N-ethyl adjacent to an activating group) is 1. The highest BCUT2D eigenvalue weighted by atomic mass is 16.5. The molecule has 0 radical (unpaired) electrons. The zero-order valence-electron chi connectivity index (χ0n) is 16.7. The lowest BCUT2D eigenvalue weighted by molar-refractivity contribution is 0.0782. The van der Waals surface area contributed by atoms with Crippen LogP contribution in [0.2, 0.25) is 0 Å². The summed E-state index contributed by atoms with van der Waals surface area (Å²) in [7, 11) is 7.33. The van der Waals surface area contributed by atoms with Gasteiger partial charge in [0.25, 0.3) is 5.91 Å². The molecule has 0 aliphatic carbocycles. The van der Waals surface area contributed by atoms with Gasteiger partial charge in [0.2, 0.25) is 0 Å². The molecule has 1 aliphatic rings. The Balaban J connectivity index is 1.85. The highest BCUT2D eigenvalue weighted by Crippen LogP contribution is 2.33. The molecule has 1 fully saturated rings. The molecule has 0 saturated carbocycles. The van der Waals surface area contributed by atoms with Crippen molar-refractivity contribution >= 4 is 5.91 Å². The molecule has 0 spiro atoms. The Kier molecular flexibility index (Phi) is 5.71. The molecule has 1 aliphatic heterocycles. The van der Waals surface area contributed by atoms with Gasteiger partial charge in [-0.05, 0) is 44.8 Å². The molecule has 0 aromatic heterocycles. The van der Waals surface area contributed by atoms with Gasteiger partial charge in [-0.3, -0.25) is 4.79 Å². The van der Waals surface area contributed by atoms with Gasteiger partial charge in [-0.15, -0.1) is 0 Å². The number of hydrogen-bond acceptors (Lipinski definition) is 4. The summed E-state index contributed by atoms with van der Waals surface area (Å²) in [5.41, 5.74) is 3.15. The Labute approximate surface area is 161 Å². The number of methoxy groups -OCH3 is 2. The van der Waals surface area contributed by atoms with Gasteiger partial charge in [-0.25, -0.2) is 0 Å². The van der Waals surface area contributed by atoms with E-state index in [1.54, 1.807) is 32.4 Å². The standard InChI is InChI=1S/C22H28N2O3/c1-15-6-8-16(9-7-15)18-13-24(14-19(18)23(2)3)22(25)17-10-11-20(26-4)21(12-17)27-5/h6-12,18-19H,13-14H2,1-5H3/t18-,19+/m0/s1. The molecule has 27 heavy (non-hydrogen) atoms. The van der Waals surface area contributed by atoms with E-state index >= 15 is 0 Å². The van der Waals surface area contributed by atoms with Crippen molar-refractivity contribution in [3.05, 3.63) is 59.2 Å². The van der Waals surface area contributed by atoms with Gasteiger partial charge in [0.05, 0.1) is 14.2 Å². The number of carbonyl (C=O) groups excluding carboxylic acids is 1. The number of carbonyl (C=O) groups is 1. The van der Waals surface area contributed by atoms with Crippen molar-refractivity contribution in [1.82, 2.24) is 9.80 Å². The largest absolute Gasteiger partial charge is 0.493 e. The van der Waals surface area contributed by atoms with Crippen molar-refractivity contribution in [3.8, 4) is 11.5 Å². The molecule has 2 aromatic rings. The number of aryl methyl sites for hydroxylation is 1. The maximum Gasteiger partial charge on any atom is 0.254 e. The Morgan fingerprint density at radius 3 is 2.26 bits per heavy atom. The van der Waals surface area contributed by atoms with Crippen molar-refractivity contribution in [2.45, 2.75) is 18.9 Å². The predicted molar refractivity (Wildman–Crippen MR) is 107 cm³/mol. The lowest BCUT2D eigenvalue weighted by atomic mass is 9.93. The topological polar surface area (TPSA) is 42.0 Å². The predicted octanol–water partition coefficient (Wildman–Crippen LogP) is 3.18. The molecule has 5 heteroatoms. The second kappa shape index (κ2) is 8.01. The van der Waals surface area contributed by atoms with E-state index in [0.717, 1.165) is 0 Å². The molecule has 144 valence electrons. The van der Waals surface area contributed by atoms with Gasteiger partial charge < -0.3 is 19.3 Å². The molecule has 0 bridgehead atoms. The van der Waals surface area contributed by atoms with Crippen LogP contribution in [0.3, 0.4) is 0 Å². The van der Waals surface area contributed by atoms with E-state index in [0.29, 0.717) is 36.1 Å². The summed E-state index contributed by atoms with van der Waals surface area (Å²) in [6.45, 7) is 3.51. The molecule has 0 unspecified atom stereocenters. The molecule has 1 amide bonds. The summed E-state index contributed by atoms with van der Waals surface area (Å²) in [6, 6.07) is 14.3. The van der Waals surface area contributed by atoms with E-state index in [9.17, 15) is 4.79 Å². The van der Waals surface area contributed by atoms with Crippen LogP contribution in [0.15, 0.2) is 42.5 Å². The van der Waals surface area contributed by atoms with Gasteiger partial charge in [-0.1, -0.05) is 29.8 Å². The normalized spacial score (nSPS) is 19.4. The highest BCUT2D eigenvalue weighted by Gasteiger charge is 2.37. The smallest absolute Gasteiger partial charge is 0.254 e. The van der Waals surface area contributed by atoms with Gasteiger partial charge in [0.1, 0.15) is 0 Å². The molecule has 5 nitrogen and oxygen atoms in total. The number of amides is 1. The van der Waals surface area contributed by atoms with Crippen molar-refractivity contribution in [1.29, 1.82) is 0 Å². The summed E-state index contributed by atoms with van der Waals surface area (Å²) >= 11 is 0. The molecule has 0 N–H and O–H groups in total. The third-order valence-electron chi connectivity index (χ3n) is 5.38. The van der Waals surface area contributed by atoms with Gasteiger partial charge >= 0.3 is 0 Å². The Bertz CT molecular complexity index is 802. The minimum Gasteiger partial charge on any atom is -0.493 e. The first kappa shape index (κ1) is 19.2. The van der Waals surface area contributed by atoms with Crippen LogP contribution in [0.25, 0.3) is 0 Å². The monoisotopic (exact) mass is 368 g/mol. The molecular formula is C22H28N2O3. The van der Waals surface area contributed by atoms with E-state index in [4.69, 9.17) is 9.47 Å². The summed E-state index contributed by atoms with van der Waals surface area (Å²) in [5, 5.41) is 0. The highest BCUT2D eigenvalue weighted by molar-refractivity contribution is 5.95. The lowest BCUT2D eigenvalue weighted by Crippen LogP contribution is -2.35. The first-order chi connectivity index (χ1) is 12.9. The van der Waals surface area contributed by atoms with Gasteiger partial charge in [0, 0.05) is 30.6 Å². The van der Waals surface area contributed by atoms with E-state index in [1.165, 1.54) is 11.1 Å². The number of hydrogen-bond donors (Lipinski definition) is 0. The number of ether oxygens (including phenoxy) is 2. The second-order valence-corrected chi connectivity index (χ2v) is 7.33. The van der Waals surface area contributed by atoms with E-state index in [1.807, 2.05) is 4.90 Å². The van der Waals surface area contributed by atoms with Crippen molar-refractivity contribution < 1.29 is 14.3 Å². The van der Waals surface area contributed by atoms with Gasteiger partial charge in [-0.2, -0.15) is 0 Å². The number of benzene rings is 2. The summed E-state index contributed by atoms with van der Waals surface area (Å²) in [4.78, 5) is 17.3. The molecule has 1 saturated heterocycles. The lowest BCUT2D eigenvalue weighted by Gasteiger charge is -2.25. The minimum atomic E-state index is 0.0254. The van der Waals surface area contributed by atoms with Crippen molar-refractivity contribution in [3.63, 3.8) is 0 Å². The third kappa shape index (κ3) is 3.93. The Hall–Kier alpha value is -2.53. The van der Waals surface area contributed by atoms with Crippen LogP contribution < -0.4 is 9.47 Å². The van der Waals surface area contributed by atoms with Crippen LogP contribution in [0.1, 0.15) is 27.4 Å². The summed E-state index contributed by atoms with van der Waals surface area (Å²) < 4.78 is 10.6. The molecular weight excluding hydrogens is 340 g/mol. The van der Waals surface area contributed by atoms with Crippen LogP contribution >= 0.6 is 0 Å². The zero-order valence-corrected chi connectivity index (χ0v) is 16.7. The maximum absolute atomic E-state index is 13.1. The SMILES string of the molecule is COc1ccc(C(=O)N2C[C@@H](N(C)C)[C@H](c3ccc(C)cc3)C2)cc1OC. The van der Waals surface area contributed by atoms with Crippen molar-refractivity contribution in [2.75, 3.05) is 41.4 Å². The molecule has 2 aromatic carbocycles. The van der Waals surface area contributed by atoms with Crippen LogP contribution in [0, 0.1) is 6.92 Å². The van der Waals surface area contributed by atoms with E-state index < -0.39 is 0 Å². The van der Waals surface area contributed by atoms with Crippen LogP contribution in [-0.2, 0) is 0 Å². The van der Waals surface area contributed by atoms with Crippen LogP contribution in [0.5, 0.6) is 11.5 Å². The first-order valence-corrected chi connectivity index (χ1v) is 9.19. The number of likely N-dealkylation sites (tertiary alicyclic amines) is 1. The Morgan fingerprint density at radius 1 is 1.00 bits per heavy atom. The third-order valence-corrected chi connectivity index (χ3v) is 5.38. The Morgan fingerprint density at radius 2 is 1.67 bits per heavy atom.